The van der Waals surface area contributed by atoms with Gasteiger partial charge in [0.15, 0.2) is 0 Å². The molecule has 0 aromatic carbocycles. The van der Waals surface area contributed by atoms with E-state index < -0.39 is 6.04 Å². The van der Waals surface area contributed by atoms with Gasteiger partial charge < -0.3 is 15.8 Å². The Morgan fingerprint density at radius 2 is 1.88 bits per heavy atom. The molecule has 1 saturated heterocycles. The first kappa shape index (κ1) is 19.7. The number of ether oxygens (including phenoxy) is 1. The minimum Gasteiger partial charge on any atom is -0.373 e. The molecule has 0 aromatic heterocycles. The van der Waals surface area contributed by atoms with Crippen LogP contribution in [-0.4, -0.2) is 54.2 Å². The van der Waals surface area contributed by atoms with Crippen LogP contribution in [0.4, 0.5) is 0 Å². The van der Waals surface area contributed by atoms with Crippen LogP contribution in [-0.2, 0) is 9.53 Å². The first-order chi connectivity index (χ1) is 11.1. The summed E-state index contributed by atoms with van der Waals surface area (Å²) in [5, 5.41) is 3.18. The predicted molar refractivity (Wildman–Crippen MR) is 97.9 cm³/mol. The Hall–Kier alpha value is -0.650. The van der Waals surface area contributed by atoms with Crippen molar-refractivity contribution in [2.45, 2.75) is 83.9 Å². The summed E-state index contributed by atoms with van der Waals surface area (Å²) in [5.41, 5.74) is 5.86. The number of amides is 1. The van der Waals surface area contributed by atoms with Crippen molar-refractivity contribution in [1.82, 2.24) is 10.2 Å². The number of carbonyl (C=O) groups excluding carboxylic acids is 1. The third-order valence-corrected chi connectivity index (χ3v) is 5.69. The van der Waals surface area contributed by atoms with Crippen molar-refractivity contribution in [2.24, 2.45) is 11.1 Å². The van der Waals surface area contributed by atoms with E-state index in [1.807, 2.05) is 20.8 Å². The monoisotopic (exact) mass is 339 g/mol. The molecule has 1 heterocycles. The predicted octanol–water partition coefficient (Wildman–Crippen LogP) is 2.29. The smallest absolute Gasteiger partial charge is 0.237 e. The van der Waals surface area contributed by atoms with E-state index in [-0.39, 0.29) is 22.5 Å². The first-order valence-electron chi connectivity index (χ1n) is 9.48. The standard InChI is InChI=1S/C19H37N3O2/c1-17(2,3)15(20)16(23)21-13-19(9-7-6-8-10-19)22-11-12-24-18(4,5)14-22/h15H,6-14,20H2,1-5H3,(H,21,23)/t15-/m1/s1. The molecule has 5 nitrogen and oxygen atoms in total. The zero-order chi connectivity index (χ0) is 18.0. The van der Waals surface area contributed by atoms with Gasteiger partial charge in [-0.15, -0.1) is 0 Å². The number of nitrogens with two attached hydrogens (primary N) is 1. The lowest BCUT2D eigenvalue weighted by molar-refractivity contribution is -0.131. The Morgan fingerprint density at radius 1 is 1.25 bits per heavy atom. The van der Waals surface area contributed by atoms with Gasteiger partial charge in [-0.05, 0) is 32.1 Å². The van der Waals surface area contributed by atoms with Crippen molar-refractivity contribution < 1.29 is 9.53 Å². The fourth-order valence-electron chi connectivity index (χ4n) is 3.99. The highest BCUT2D eigenvalue weighted by Gasteiger charge is 2.43. The molecular weight excluding hydrogens is 302 g/mol. The topological polar surface area (TPSA) is 67.6 Å². The van der Waals surface area contributed by atoms with Crippen LogP contribution in [0.15, 0.2) is 0 Å². The Labute approximate surface area is 147 Å². The highest BCUT2D eigenvalue weighted by Crippen LogP contribution is 2.36. The number of hydrogen-bond acceptors (Lipinski definition) is 4. The number of nitrogens with one attached hydrogen (secondary N) is 1. The molecule has 1 aliphatic carbocycles. The summed E-state index contributed by atoms with van der Waals surface area (Å²) in [7, 11) is 0. The lowest BCUT2D eigenvalue weighted by atomic mass is 9.78. The van der Waals surface area contributed by atoms with E-state index in [0.717, 1.165) is 32.5 Å². The van der Waals surface area contributed by atoms with Gasteiger partial charge >= 0.3 is 0 Å². The average Bonchev–Trinajstić information content (AvgIpc) is 2.51. The van der Waals surface area contributed by atoms with Gasteiger partial charge in [-0.1, -0.05) is 40.0 Å². The van der Waals surface area contributed by atoms with Gasteiger partial charge in [0.25, 0.3) is 0 Å². The Bertz CT molecular complexity index is 436. The van der Waals surface area contributed by atoms with Gasteiger partial charge in [-0.3, -0.25) is 9.69 Å². The van der Waals surface area contributed by atoms with Crippen LogP contribution in [0.2, 0.25) is 0 Å². The molecule has 24 heavy (non-hydrogen) atoms. The molecule has 3 N–H and O–H groups in total. The normalized spacial score (nSPS) is 25.9. The Balaban J connectivity index is 2.07. The summed E-state index contributed by atoms with van der Waals surface area (Å²) in [5.74, 6) is -0.0278. The van der Waals surface area contributed by atoms with E-state index in [9.17, 15) is 4.79 Å². The molecule has 5 heteroatoms. The number of nitrogens with zero attached hydrogens (tertiary/aromatic N) is 1. The summed E-state index contributed by atoms with van der Waals surface area (Å²) in [6, 6.07) is -0.473. The quantitative estimate of drug-likeness (QED) is 0.825. The molecule has 140 valence electrons. The highest BCUT2D eigenvalue weighted by atomic mass is 16.5. The fraction of sp³-hybridized carbons (Fsp3) is 0.947. The maximum absolute atomic E-state index is 12.5. The summed E-state index contributed by atoms with van der Waals surface area (Å²) in [4.78, 5) is 15.1. The van der Waals surface area contributed by atoms with Gasteiger partial charge in [-0.25, -0.2) is 0 Å². The van der Waals surface area contributed by atoms with Crippen molar-refractivity contribution in [2.75, 3.05) is 26.2 Å². The van der Waals surface area contributed by atoms with E-state index >= 15 is 0 Å². The van der Waals surface area contributed by atoms with Crippen LogP contribution in [0, 0.1) is 5.41 Å². The van der Waals surface area contributed by atoms with Crippen LogP contribution in [0.1, 0.15) is 66.7 Å². The van der Waals surface area contributed by atoms with Crippen molar-refractivity contribution in [3.63, 3.8) is 0 Å². The molecule has 0 unspecified atom stereocenters. The Morgan fingerprint density at radius 3 is 2.42 bits per heavy atom. The molecule has 2 rings (SSSR count). The second-order valence-corrected chi connectivity index (χ2v) is 9.38. The van der Waals surface area contributed by atoms with Gasteiger partial charge in [0, 0.05) is 25.2 Å². The zero-order valence-electron chi connectivity index (χ0n) is 16.3. The largest absolute Gasteiger partial charge is 0.373 e. The van der Waals surface area contributed by atoms with Crippen LogP contribution < -0.4 is 11.1 Å². The fourth-order valence-corrected chi connectivity index (χ4v) is 3.99. The number of morpholine rings is 1. The molecule has 0 spiro atoms. The highest BCUT2D eigenvalue weighted by molar-refractivity contribution is 5.82. The summed E-state index contributed by atoms with van der Waals surface area (Å²) < 4.78 is 5.89. The van der Waals surface area contributed by atoms with E-state index in [1.165, 1.54) is 19.3 Å². The third-order valence-electron chi connectivity index (χ3n) is 5.69. The molecule has 1 saturated carbocycles. The zero-order valence-corrected chi connectivity index (χ0v) is 16.3. The lowest BCUT2D eigenvalue weighted by Crippen LogP contribution is -2.64. The van der Waals surface area contributed by atoms with Crippen molar-refractivity contribution in [3.8, 4) is 0 Å². The molecule has 0 bridgehead atoms. The molecule has 0 radical (unpaired) electrons. The molecular formula is C19H37N3O2. The van der Waals surface area contributed by atoms with Gasteiger partial charge in [0.05, 0.1) is 18.2 Å². The number of rotatable bonds is 4. The third kappa shape index (κ3) is 4.70. The average molecular weight is 340 g/mol. The number of carbonyl (C=O) groups is 1. The lowest BCUT2D eigenvalue weighted by Gasteiger charge is -2.51. The van der Waals surface area contributed by atoms with E-state index in [4.69, 9.17) is 10.5 Å². The summed E-state index contributed by atoms with van der Waals surface area (Å²) in [6.07, 6.45) is 6.06. The maximum atomic E-state index is 12.5. The second kappa shape index (κ2) is 7.30. The van der Waals surface area contributed by atoms with Crippen LogP contribution in [0.25, 0.3) is 0 Å². The SMILES string of the molecule is CC1(C)CN(C2(CNC(=O)[C@@H](N)C(C)(C)C)CCCCC2)CCO1. The Kier molecular flexibility index (Phi) is 5.99. The van der Waals surface area contributed by atoms with Gasteiger partial charge in [0.1, 0.15) is 0 Å². The van der Waals surface area contributed by atoms with Gasteiger partial charge in [0.2, 0.25) is 5.91 Å². The van der Waals surface area contributed by atoms with Crippen molar-refractivity contribution in [3.05, 3.63) is 0 Å². The molecule has 1 amide bonds. The molecule has 2 aliphatic rings. The van der Waals surface area contributed by atoms with E-state index in [1.54, 1.807) is 0 Å². The maximum Gasteiger partial charge on any atom is 0.237 e. The first-order valence-corrected chi connectivity index (χ1v) is 9.48. The molecule has 2 fully saturated rings. The molecule has 0 aromatic rings. The van der Waals surface area contributed by atoms with Gasteiger partial charge in [-0.2, -0.15) is 0 Å². The molecule has 1 atom stereocenters. The second-order valence-electron chi connectivity index (χ2n) is 9.38. The number of hydrogen-bond donors (Lipinski definition) is 2. The van der Waals surface area contributed by atoms with Crippen LogP contribution >= 0.6 is 0 Å². The minimum absolute atomic E-state index is 0.0278. The van der Waals surface area contributed by atoms with E-state index in [2.05, 4.69) is 24.1 Å². The summed E-state index contributed by atoms with van der Waals surface area (Å²) >= 11 is 0. The van der Waals surface area contributed by atoms with Crippen molar-refractivity contribution in [1.29, 1.82) is 0 Å². The van der Waals surface area contributed by atoms with Crippen molar-refractivity contribution >= 4 is 5.91 Å². The van der Waals surface area contributed by atoms with Crippen LogP contribution in [0.5, 0.6) is 0 Å². The van der Waals surface area contributed by atoms with Crippen LogP contribution in [0.3, 0.4) is 0 Å². The summed E-state index contributed by atoms with van der Waals surface area (Å²) in [6.45, 7) is 13.7. The van der Waals surface area contributed by atoms with E-state index in [0.29, 0.717) is 6.54 Å². The minimum atomic E-state index is -0.473. The molecule has 1 aliphatic heterocycles.